The van der Waals surface area contributed by atoms with E-state index in [-0.39, 0.29) is 49.3 Å². The molecule has 200 valence electrons. The Bertz CT molecular complexity index is 1420. The maximum atomic E-state index is 13.5. The normalized spacial score (nSPS) is 15.8. The molecule has 9 nitrogen and oxygen atoms in total. The van der Waals surface area contributed by atoms with Crippen LogP contribution in [0.1, 0.15) is 47.7 Å². The SMILES string of the molecule is CCn1c(=O)c(C(=O)CN2CCCC[C@@H]2C(=O)NCc2ccc(F)cc2)c(N)n(Cc2ccccc2)c1=O. The molecule has 0 bridgehead atoms. The summed E-state index contributed by atoms with van der Waals surface area (Å²) in [5.41, 5.74) is 6.30. The summed E-state index contributed by atoms with van der Waals surface area (Å²) in [4.78, 5) is 54.4. The lowest BCUT2D eigenvalue weighted by Crippen LogP contribution is -2.52. The van der Waals surface area contributed by atoms with Gasteiger partial charge in [0.1, 0.15) is 17.2 Å². The minimum absolute atomic E-state index is 0.0884. The van der Waals surface area contributed by atoms with Crippen LogP contribution >= 0.6 is 0 Å². The van der Waals surface area contributed by atoms with Crippen molar-refractivity contribution in [3.63, 3.8) is 0 Å². The highest BCUT2D eigenvalue weighted by molar-refractivity contribution is 6.01. The molecule has 4 rings (SSSR count). The number of piperidine rings is 1. The van der Waals surface area contributed by atoms with E-state index in [1.54, 1.807) is 24.0 Å². The van der Waals surface area contributed by atoms with Gasteiger partial charge in [-0.05, 0) is 49.6 Å². The van der Waals surface area contributed by atoms with Crippen molar-refractivity contribution in [2.75, 3.05) is 18.8 Å². The number of aromatic nitrogens is 2. The number of nitrogens with zero attached hydrogens (tertiary/aromatic N) is 3. The molecule has 1 amide bonds. The van der Waals surface area contributed by atoms with E-state index in [0.29, 0.717) is 13.0 Å². The molecule has 0 spiro atoms. The molecule has 0 unspecified atom stereocenters. The Morgan fingerprint density at radius 3 is 2.39 bits per heavy atom. The lowest BCUT2D eigenvalue weighted by atomic mass is 10.00. The van der Waals surface area contributed by atoms with Gasteiger partial charge >= 0.3 is 5.69 Å². The Labute approximate surface area is 219 Å². The molecule has 3 N–H and O–H groups in total. The molecule has 1 atom stereocenters. The van der Waals surface area contributed by atoms with Gasteiger partial charge in [0.25, 0.3) is 5.56 Å². The van der Waals surface area contributed by atoms with Gasteiger partial charge in [0.2, 0.25) is 5.91 Å². The lowest BCUT2D eigenvalue weighted by molar-refractivity contribution is -0.127. The number of benzene rings is 2. The number of anilines is 1. The van der Waals surface area contributed by atoms with Crippen LogP contribution in [-0.4, -0.2) is 44.9 Å². The monoisotopic (exact) mass is 521 g/mol. The number of rotatable bonds is 9. The standard InChI is InChI=1S/C28H32FN5O4/c1-2-33-27(37)24(25(30)34(28(33)38)17-20-8-4-3-5-9-20)23(35)18-32-15-7-6-10-22(32)26(36)31-16-19-11-13-21(29)14-12-19/h3-5,8-9,11-14,22H,2,6-7,10,15-18,30H2,1H3,(H,31,36)/t22-/m1/s1. The highest BCUT2D eigenvalue weighted by atomic mass is 19.1. The van der Waals surface area contributed by atoms with Gasteiger partial charge < -0.3 is 11.1 Å². The number of hydrogen-bond acceptors (Lipinski definition) is 6. The Morgan fingerprint density at radius 1 is 1.00 bits per heavy atom. The average Bonchev–Trinajstić information content (AvgIpc) is 2.92. The van der Waals surface area contributed by atoms with Gasteiger partial charge in [0.15, 0.2) is 5.78 Å². The maximum absolute atomic E-state index is 13.5. The third-order valence-corrected chi connectivity index (χ3v) is 6.89. The van der Waals surface area contributed by atoms with Crippen LogP contribution in [0.2, 0.25) is 0 Å². The fraction of sp³-hybridized carbons (Fsp3) is 0.357. The summed E-state index contributed by atoms with van der Waals surface area (Å²) in [6, 6.07) is 14.5. The zero-order valence-corrected chi connectivity index (χ0v) is 21.4. The Kier molecular flexibility index (Phi) is 8.52. The van der Waals surface area contributed by atoms with Crippen molar-refractivity contribution >= 4 is 17.5 Å². The zero-order valence-electron chi connectivity index (χ0n) is 21.4. The molecule has 0 saturated carbocycles. The molecular formula is C28H32FN5O4. The Morgan fingerprint density at radius 2 is 1.71 bits per heavy atom. The van der Waals surface area contributed by atoms with Crippen molar-refractivity contribution in [1.29, 1.82) is 0 Å². The number of carbonyl (C=O) groups is 2. The van der Waals surface area contributed by atoms with Crippen molar-refractivity contribution in [1.82, 2.24) is 19.4 Å². The second-order valence-electron chi connectivity index (χ2n) is 9.41. The van der Waals surface area contributed by atoms with Gasteiger partial charge in [-0.1, -0.05) is 48.9 Å². The van der Waals surface area contributed by atoms with Crippen LogP contribution in [-0.2, 0) is 24.4 Å². The van der Waals surface area contributed by atoms with Gasteiger partial charge in [0.05, 0.1) is 19.1 Å². The van der Waals surface area contributed by atoms with E-state index in [9.17, 15) is 23.6 Å². The molecule has 1 saturated heterocycles. The van der Waals surface area contributed by atoms with Gasteiger partial charge in [-0.3, -0.25) is 28.4 Å². The van der Waals surface area contributed by atoms with Crippen LogP contribution in [0.4, 0.5) is 10.2 Å². The first-order chi connectivity index (χ1) is 18.3. The third kappa shape index (κ3) is 5.91. The van der Waals surface area contributed by atoms with E-state index < -0.39 is 23.1 Å². The van der Waals surface area contributed by atoms with E-state index >= 15 is 0 Å². The van der Waals surface area contributed by atoms with E-state index in [1.165, 1.54) is 16.7 Å². The quantitative estimate of drug-likeness (QED) is 0.417. The molecule has 0 radical (unpaired) electrons. The molecule has 1 aromatic heterocycles. The molecule has 10 heteroatoms. The number of nitrogens with one attached hydrogen (secondary N) is 1. The smallest absolute Gasteiger partial charge is 0.332 e. The topological polar surface area (TPSA) is 119 Å². The van der Waals surface area contributed by atoms with Crippen LogP contribution in [0.15, 0.2) is 64.2 Å². The van der Waals surface area contributed by atoms with Gasteiger partial charge in [0, 0.05) is 13.1 Å². The van der Waals surface area contributed by atoms with E-state index in [2.05, 4.69) is 5.32 Å². The number of nitrogen functional groups attached to an aromatic ring is 1. The van der Waals surface area contributed by atoms with Crippen molar-refractivity contribution in [2.24, 2.45) is 0 Å². The second kappa shape index (κ2) is 12.0. The van der Waals surface area contributed by atoms with Crippen molar-refractivity contribution in [2.45, 2.75) is 51.9 Å². The van der Waals surface area contributed by atoms with Gasteiger partial charge in [-0.2, -0.15) is 0 Å². The second-order valence-corrected chi connectivity index (χ2v) is 9.41. The molecule has 2 heterocycles. The highest BCUT2D eigenvalue weighted by Gasteiger charge is 2.32. The highest BCUT2D eigenvalue weighted by Crippen LogP contribution is 2.19. The first-order valence-electron chi connectivity index (χ1n) is 12.8. The molecular weight excluding hydrogens is 489 g/mol. The fourth-order valence-electron chi connectivity index (χ4n) is 4.82. The average molecular weight is 522 g/mol. The number of ketones is 1. The predicted molar refractivity (Wildman–Crippen MR) is 142 cm³/mol. The van der Waals surface area contributed by atoms with E-state index in [4.69, 9.17) is 5.73 Å². The predicted octanol–water partition coefficient (Wildman–Crippen LogP) is 2.15. The van der Waals surface area contributed by atoms with Crippen molar-refractivity contribution in [3.05, 3.63) is 97.9 Å². The molecule has 2 aromatic carbocycles. The number of amides is 1. The summed E-state index contributed by atoms with van der Waals surface area (Å²) in [6.07, 6.45) is 2.19. The first-order valence-corrected chi connectivity index (χ1v) is 12.8. The number of nitrogens with two attached hydrogens (primary N) is 1. The number of likely N-dealkylation sites (tertiary alicyclic amines) is 1. The van der Waals surface area contributed by atoms with E-state index in [0.717, 1.165) is 28.5 Å². The lowest BCUT2D eigenvalue weighted by Gasteiger charge is -2.34. The summed E-state index contributed by atoms with van der Waals surface area (Å²) >= 11 is 0. The summed E-state index contributed by atoms with van der Waals surface area (Å²) < 4.78 is 15.4. The molecule has 1 fully saturated rings. The molecule has 0 aliphatic carbocycles. The summed E-state index contributed by atoms with van der Waals surface area (Å²) in [7, 11) is 0. The number of Topliss-reactive ketones (excluding diaryl/α,β-unsaturated/α-hetero) is 1. The summed E-state index contributed by atoms with van der Waals surface area (Å²) in [6.45, 7) is 2.42. The summed E-state index contributed by atoms with van der Waals surface area (Å²) in [5.74, 6) is -1.30. The van der Waals surface area contributed by atoms with Crippen molar-refractivity contribution < 1.29 is 14.0 Å². The third-order valence-electron chi connectivity index (χ3n) is 6.89. The van der Waals surface area contributed by atoms with Crippen LogP contribution in [0.25, 0.3) is 0 Å². The van der Waals surface area contributed by atoms with Crippen LogP contribution in [0.3, 0.4) is 0 Å². The van der Waals surface area contributed by atoms with Crippen LogP contribution in [0.5, 0.6) is 0 Å². The van der Waals surface area contributed by atoms with Crippen molar-refractivity contribution in [3.8, 4) is 0 Å². The van der Waals surface area contributed by atoms with Crippen LogP contribution in [0, 0.1) is 5.82 Å². The number of hydrogen-bond donors (Lipinski definition) is 2. The molecule has 1 aliphatic rings. The Balaban J connectivity index is 1.56. The fourth-order valence-corrected chi connectivity index (χ4v) is 4.82. The zero-order chi connectivity index (χ0) is 27.2. The molecule has 38 heavy (non-hydrogen) atoms. The molecule has 3 aromatic rings. The number of carbonyl (C=O) groups excluding carboxylic acids is 2. The minimum atomic E-state index is -0.723. The maximum Gasteiger partial charge on any atom is 0.332 e. The first kappa shape index (κ1) is 27.0. The largest absolute Gasteiger partial charge is 0.384 e. The summed E-state index contributed by atoms with van der Waals surface area (Å²) in [5, 5.41) is 2.87. The van der Waals surface area contributed by atoms with Crippen LogP contribution < -0.4 is 22.3 Å². The van der Waals surface area contributed by atoms with E-state index in [1.807, 2.05) is 30.3 Å². The number of halogens is 1. The van der Waals surface area contributed by atoms with Gasteiger partial charge in [-0.15, -0.1) is 0 Å². The van der Waals surface area contributed by atoms with Gasteiger partial charge in [-0.25, -0.2) is 9.18 Å². The molecule has 1 aliphatic heterocycles. The Hall–Kier alpha value is -4.05. The minimum Gasteiger partial charge on any atom is -0.384 e.